The molecule has 0 bridgehead atoms. The molecular weight excluding hydrogens is 144 g/mol. The van der Waals surface area contributed by atoms with Crippen LogP contribution in [0.25, 0.3) is 0 Å². The lowest BCUT2D eigenvalue weighted by molar-refractivity contribution is -0.144. The van der Waals surface area contributed by atoms with Gasteiger partial charge in [0.2, 0.25) is 0 Å². The third-order valence-electron chi connectivity index (χ3n) is 2.50. The molecule has 11 heavy (non-hydrogen) atoms. The molecule has 0 radical (unpaired) electrons. The van der Waals surface area contributed by atoms with Crippen molar-refractivity contribution in [3.8, 4) is 0 Å². The Labute approximate surface area is 66.0 Å². The van der Waals surface area contributed by atoms with Crippen molar-refractivity contribution in [1.82, 2.24) is 0 Å². The van der Waals surface area contributed by atoms with Crippen LogP contribution in [0.1, 0.15) is 26.2 Å². The monoisotopic (exact) mass is 158 g/mol. The van der Waals surface area contributed by atoms with Gasteiger partial charge in [0.15, 0.2) is 0 Å². The van der Waals surface area contributed by atoms with Crippen LogP contribution >= 0.6 is 0 Å². The molecule has 1 rings (SSSR count). The number of aliphatic carboxylic acids is 1. The Kier molecular flexibility index (Phi) is 2.49. The smallest absolute Gasteiger partial charge is 0.306 e. The van der Waals surface area contributed by atoms with Crippen LogP contribution in [-0.4, -0.2) is 22.3 Å². The van der Waals surface area contributed by atoms with Crippen molar-refractivity contribution in [2.45, 2.75) is 32.3 Å². The molecule has 0 spiro atoms. The van der Waals surface area contributed by atoms with E-state index >= 15 is 0 Å². The summed E-state index contributed by atoms with van der Waals surface area (Å²) in [5.74, 6) is -0.817. The van der Waals surface area contributed by atoms with Crippen molar-refractivity contribution in [2.75, 3.05) is 0 Å². The molecule has 0 aromatic carbocycles. The van der Waals surface area contributed by atoms with E-state index in [1.54, 1.807) is 0 Å². The Hall–Kier alpha value is -0.570. The minimum Gasteiger partial charge on any atom is -0.481 e. The van der Waals surface area contributed by atoms with Crippen molar-refractivity contribution in [3.63, 3.8) is 0 Å². The zero-order valence-corrected chi connectivity index (χ0v) is 6.66. The normalized spacial score (nSPS) is 38.5. The summed E-state index contributed by atoms with van der Waals surface area (Å²) in [6, 6.07) is 0. The fourth-order valence-corrected chi connectivity index (χ4v) is 1.52. The fraction of sp³-hybridized carbons (Fsp3) is 0.875. The van der Waals surface area contributed by atoms with Gasteiger partial charge < -0.3 is 10.2 Å². The van der Waals surface area contributed by atoms with E-state index in [1.807, 2.05) is 6.92 Å². The van der Waals surface area contributed by atoms with Gasteiger partial charge in [-0.3, -0.25) is 4.79 Å². The largest absolute Gasteiger partial charge is 0.481 e. The van der Waals surface area contributed by atoms with Crippen LogP contribution in [0, 0.1) is 11.8 Å². The molecule has 0 amide bonds. The molecule has 3 atom stereocenters. The van der Waals surface area contributed by atoms with Gasteiger partial charge in [0.05, 0.1) is 12.0 Å². The summed E-state index contributed by atoms with van der Waals surface area (Å²) < 4.78 is 0. The Morgan fingerprint density at radius 1 is 1.45 bits per heavy atom. The average Bonchev–Trinajstić information content (AvgIpc) is 1.94. The summed E-state index contributed by atoms with van der Waals surface area (Å²) in [6.07, 6.45) is 1.56. The predicted molar refractivity (Wildman–Crippen MR) is 40.1 cm³/mol. The first-order valence-corrected chi connectivity index (χ1v) is 4.02. The van der Waals surface area contributed by atoms with Gasteiger partial charge in [-0.15, -0.1) is 0 Å². The molecule has 0 unspecified atom stereocenters. The molecule has 3 nitrogen and oxygen atoms in total. The van der Waals surface area contributed by atoms with Gasteiger partial charge in [-0.1, -0.05) is 6.92 Å². The first-order valence-electron chi connectivity index (χ1n) is 4.02. The standard InChI is InChI=1S/C8H14O3/c1-5-2-3-6(8(10)11)4-7(5)9/h5-7,9H,2-4H2,1H3,(H,10,11)/t5-,6-,7-/m1/s1. The topological polar surface area (TPSA) is 57.5 Å². The first kappa shape index (κ1) is 8.53. The number of aliphatic hydroxyl groups excluding tert-OH is 1. The molecule has 1 aliphatic rings. The summed E-state index contributed by atoms with van der Waals surface area (Å²) in [7, 11) is 0. The molecule has 0 aliphatic heterocycles. The van der Waals surface area contributed by atoms with E-state index in [-0.39, 0.29) is 11.8 Å². The van der Waals surface area contributed by atoms with E-state index in [0.29, 0.717) is 12.8 Å². The summed E-state index contributed by atoms with van der Waals surface area (Å²) in [6.45, 7) is 1.96. The van der Waals surface area contributed by atoms with E-state index in [9.17, 15) is 9.90 Å². The summed E-state index contributed by atoms with van der Waals surface area (Å²) in [5.41, 5.74) is 0. The minimum absolute atomic E-state index is 0.269. The summed E-state index contributed by atoms with van der Waals surface area (Å²) >= 11 is 0. The van der Waals surface area contributed by atoms with Crippen LogP contribution in [0.3, 0.4) is 0 Å². The summed E-state index contributed by atoms with van der Waals surface area (Å²) in [5, 5.41) is 18.0. The van der Waals surface area contributed by atoms with Crippen LogP contribution in [0.2, 0.25) is 0 Å². The van der Waals surface area contributed by atoms with E-state index in [1.165, 1.54) is 0 Å². The molecule has 0 aromatic rings. The maximum atomic E-state index is 10.5. The minimum atomic E-state index is -0.768. The van der Waals surface area contributed by atoms with Crippen LogP contribution < -0.4 is 0 Å². The lowest BCUT2D eigenvalue weighted by Crippen LogP contribution is -2.31. The molecule has 1 fully saturated rings. The zero-order valence-electron chi connectivity index (χ0n) is 6.66. The maximum Gasteiger partial charge on any atom is 0.306 e. The van der Waals surface area contributed by atoms with Crippen LogP contribution in [0.15, 0.2) is 0 Å². The second-order valence-electron chi connectivity index (χ2n) is 3.39. The number of carboxylic acids is 1. The van der Waals surface area contributed by atoms with Gasteiger partial charge >= 0.3 is 5.97 Å². The molecule has 0 aromatic heterocycles. The van der Waals surface area contributed by atoms with Crippen LogP contribution in [0.4, 0.5) is 0 Å². The second kappa shape index (κ2) is 3.22. The molecule has 0 saturated heterocycles. The highest BCUT2D eigenvalue weighted by atomic mass is 16.4. The third-order valence-corrected chi connectivity index (χ3v) is 2.50. The van der Waals surface area contributed by atoms with Gasteiger partial charge in [0.1, 0.15) is 0 Å². The first-order chi connectivity index (χ1) is 5.11. The van der Waals surface area contributed by atoms with Crippen molar-refractivity contribution >= 4 is 5.97 Å². The van der Waals surface area contributed by atoms with Gasteiger partial charge in [-0.2, -0.15) is 0 Å². The Balaban J connectivity index is 2.46. The van der Waals surface area contributed by atoms with Crippen molar-refractivity contribution in [2.24, 2.45) is 11.8 Å². The van der Waals surface area contributed by atoms with E-state index < -0.39 is 12.1 Å². The number of aliphatic hydroxyl groups is 1. The predicted octanol–water partition coefficient (Wildman–Crippen LogP) is 0.868. The van der Waals surface area contributed by atoms with Crippen LogP contribution in [-0.2, 0) is 4.79 Å². The molecule has 1 aliphatic carbocycles. The quantitative estimate of drug-likeness (QED) is 0.595. The Morgan fingerprint density at radius 3 is 2.55 bits per heavy atom. The molecule has 0 heterocycles. The lowest BCUT2D eigenvalue weighted by atomic mass is 9.81. The zero-order chi connectivity index (χ0) is 8.43. The highest BCUT2D eigenvalue weighted by molar-refractivity contribution is 5.70. The molecule has 64 valence electrons. The molecule has 1 saturated carbocycles. The Bertz CT molecular complexity index is 155. The van der Waals surface area contributed by atoms with Crippen molar-refractivity contribution < 1.29 is 15.0 Å². The van der Waals surface area contributed by atoms with Gasteiger partial charge in [-0.25, -0.2) is 0 Å². The van der Waals surface area contributed by atoms with Gasteiger partial charge in [0, 0.05) is 0 Å². The summed E-state index contributed by atoms with van der Waals surface area (Å²) in [4.78, 5) is 10.5. The lowest BCUT2D eigenvalue weighted by Gasteiger charge is -2.28. The SMILES string of the molecule is C[C@@H]1CC[C@@H](C(=O)O)C[C@H]1O. The van der Waals surface area contributed by atoms with Gasteiger partial charge in [-0.05, 0) is 25.2 Å². The number of hydrogen-bond acceptors (Lipinski definition) is 2. The number of hydrogen-bond donors (Lipinski definition) is 2. The van der Waals surface area contributed by atoms with E-state index in [0.717, 1.165) is 6.42 Å². The maximum absolute atomic E-state index is 10.5. The highest BCUT2D eigenvalue weighted by Crippen LogP contribution is 2.28. The van der Waals surface area contributed by atoms with E-state index in [2.05, 4.69) is 0 Å². The highest BCUT2D eigenvalue weighted by Gasteiger charge is 2.29. The van der Waals surface area contributed by atoms with E-state index in [4.69, 9.17) is 5.11 Å². The molecular formula is C8H14O3. The van der Waals surface area contributed by atoms with Gasteiger partial charge in [0.25, 0.3) is 0 Å². The van der Waals surface area contributed by atoms with Crippen molar-refractivity contribution in [3.05, 3.63) is 0 Å². The fourth-order valence-electron chi connectivity index (χ4n) is 1.52. The number of rotatable bonds is 1. The average molecular weight is 158 g/mol. The number of carboxylic acid groups (broad SMARTS) is 1. The molecule has 2 N–H and O–H groups in total. The van der Waals surface area contributed by atoms with Crippen molar-refractivity contribution in [1.29, 1.82) is 0 Å². The second-order valence-corrected chi connectivity index (χ2v) is 3.39. The number of carbonyl (C=O) groups is 1. The van der Waals surface area contributed by atoms with Crippen LogP contribution in [0.5, 0.6) is 0 Å². The Morgan fingerprint density at radius 2 is 2.09 bits per heavy atom. The molecule has 3 heteroatoms. The third kappa shape index (κ3) is 1.93.